The molecule has 0 saturated carbocycles. The Bertz CT molecular complexity index is 351. The second-order valence-corrected chi connectivity index (χ2v) is 7.55. The van der Waals surface area contributed by atoms with Crippen LogP contribution >= 0.6 is 11.8 Å². The molecule has 2 heteroatoms. The fourth-order valence-corrected chi connectivity index (χ4v) is 2.84. The third-order valence-corrected chi connectivity index (χ3v) is 4.12. The largest absolute Gasteiger partial charge is 0.310 e. The van der Waals surface area contributed by atoms with E-state index in [0.29, 0.717) is 11.5 Å². The third kappa shape index (κ3) is 6.49. The molecular weight excluding hydrogens is 250 g/mol. The molecule has 1 aromatic carbocycles. The molecule has 1 aromatic rings. The van der Waals surface area contributed by atoms with E-state index in [-0.39, 0.29) is 0 Å². The summed E-state index contributed by atoms with van der Waals surface area (Å²) in [5.41, 5.74) is 1.83. The Morgan fingerprint density at radius 3 is 2.21 bits per heavy atom. The van der Waals surface area contributed by atoms with Crippen LogP contribution in [0.25, 0.3) is 0 Å². The lowest BCUT2D eigenvalue weighted by atomic mass is 9.87. The number of hydrogen-bond acceptors (Lipinski definition) is 2. The Balaban J connectivity index is 2.69. The Morgan fingerprint density at radius 2 is 1.74 bits per heavy atom. The first-order valence-electron chi connectivity index (χ1n) is 7.42. The average molecular weight is 279 g/mol. The van der Waals surface area contributed by atoms with Crippen LogP contribution in [0.2, 0.25) is 0 Å². The van der Waals surface area contributed by atoms with E-state index in [1.54, 1.807) is 0 Å². The fourth-order valence-electron chi connectivity index (χ4n) is 2.17. The van der Waals surface area contributed by atoms with Gasteiger partial charge in [0.15, 0.2) is 0 Å². The molecule has 0 aliphatic carbocycles. The summed E-state index contributed by atoms with van der Waals surface area (Å²) in [6, 6.07) is 9.57. The van der Waals surface area contributed by atoms with E-state index in [4.69, 9.17) is 0 Å². The molecule has 0 saturated heterocycles. The van der Waals surface area contributed by atoms with E-state index in [2.05, 4.69) is 64.2 Å². The van der Waals surface area contributed by atoms with Gasteiger partial charge in [-0.2, -0.15) is 0 Å². The highest BCUT2D eigenvalue weighted by Crippen LogP contribution is 2.28. The van der Waals surface area contributed by atoms with E-state index in [9.17, 15) is 0 Å². The predicted octanol–water partition coefficient (Wildman–Crippen LogP) is 5.28. The highest BCUT2D eigenvalue weighted by atomic mass is 32.2. The topological polar surface area (TPSA) is 12.0 Å². The molecule has 1 unspecified atom stereocenters. The summed E-state index contributed by atoms with van der Waals surface area (Å²) >= 11 is 1.91. The summed E-state index contributed by atoms with van der Waals surface area (Å²) in [5.74, 6) is 1.14. The molecule has 108 valence electrons. The molecule has 1 rings (SSSR count). The van der Waals surface area contributed by atoms with Crippen LogP contribution in [0.5, 0.6) is 0 Å². The van der Waals surface area contributed by atoms with Gasteiger partial charge < -0.3 is 5.32 Å². The van der Waals surface area contributed by atoms with Gasteiger partial charge in [-0.3, -0.25) is 0 Å². The maximum atomic E-state index is 3.62. The van der Waals surface area contributed by atoms with Crippen molar-refractivity contribution in [2.75, 3.05) is 12.3 Å². The van der Waals surface area contributed by atoms with Crippen LogP contribution in [0.1, 0.15) is 59.1 Å². The van der Waals surface area contributed by atoms with Crippen molar-refractivity contribution in [2.45, 2.75) is 58.4 Å². The predicted molar refractivity (Wildman–Crippen MR) is 87.9 cm³/mol. The molecule has 0 amide bonds. The minimum Gasteiger partial charge on any atom is -0.310 e. The molecule has 1 nitrogen and oxygen atoms in total. The number of nitrogens with one attached hydrogen (secondary N) is 1. The van der Waals surface area contributed by atoms with Gasteiger partial charge in [-0.25, -0.2) is 0 Å². The second kappa shape index (κ2) is 7.96. The van der Waals surface area contributed by atoms with Gasteiger partial charge in [0.25, 0.3) is 0 Å². The monoisotopic (exact) mass is 279 g/mol. The van der Waals surface area contributed by atoms with Gasteiger partial charge >= 0.3 is 0 Å². The van der Waals surface area contributed by atoms with Gasteiger partial charge in [-0.1, -0.05) is 46.8 Å². The van der Waals surface area contributed by atoms with Crippen LogP contribution in [0.3, 0.4) is 0 Å². The normalized spacial score (nSPS) is 13.5. The average Bonchev–Trinajstić information content (AvgIpc) is 2.35. The van der Waals surface area contributed by atoms with Crippen molar-refractivity contribution in [3.8, 4) is 0 Å². The zero-order valence-corrected chi connectivity index (χ0v) is 13.9. The molecule has 0 fully saturated rings. The van der Waals surface area contributed by atoms with E-state index >= 15 is 0 Å². The molecule has 0 bridgehead atoms. The van der Waals surface area contributed by atoms with Gasteiger partial charge in [0.1, 0.15) is 0 Å². The van der Waals surface area contributed by atoms with Gasteiger partial charge in [0, 0.05) is 10.9 Å². The zero-order chi connectivity index (χ0) is 14.3. The van der Waals surface area contributed by atoms with Crippen LogP contribution in [0.15, 0.2) is 29.2 Å². The summed E-state index contributed by atoms with van der Waals surface area (Å²) in [6.45, 7) is 12.4. The second-order valence-electron chi connectivity index (χ2n) is 6.21. The van der Waals surface area contributed by atoms with E-state index in [1.807, 2.05) is 11.8 Å². The summed E-state index contributed by atoms with van der Waals surface area (Å²) in [6.07, 6.45) is 2.45. The van der Waals surface area contributed by atoms with E-state index < -0.39 is 0 Å². The van der Waals surface area contributed by atoms with Crippen LogP contribution < -0.4 is 5.32 Å². The van der Waals surface area contributed by atoms with Crippen molar-refractivity contribution in [3.05, 3.63) is 29.8 Å². The van der Waals surface area contributed by atoms with Crippen molar-refractivity contribution < 1.29 is 0 Å². The van der Waals surface area contributed by atoms with E-state index in [1.165, 1.54) is 23.3 Å². The molecule has 0 spiro atoms. The van der Waals surface area contributed by atoms with Crippen LogP contribution in [-0.2, 0) is 0 Å². The van der Waals surface area contributed by atoms with Gasteiger partial charge in [0.05, 0.1) is 0 Å². The Hall–Kier alpha value is -0.470. The molecule has 1 atom stereocenters. The molecule has 0 heterocycles. The molecule has 0 aliphatic rings. The Morgan fingerprint density at radius 1 is 1.11 bits per heavy atom. The third-order valence-electron chi connectivity index (χ3n) is 3.23. The minimum absolute atomic E-state index is 0.408. The smallest absolute Gasteiger partial charge is 0.0320 e. The van der Waals surface area contributed by atoms with Crippen LogP contribution in [-0.4, -0.2) is 12.3 Å². The molecule has 0 aliphatic heterocycles. The molecular formula is C17H29NS. The summed E-state index contributed by atoms with van der Waals surface area (Å²) < 4.78 is 0. The van der Waals surface area contributed by atoms with Crippen molar-refractivity contribution in [1.82, 2.24) is 5.32 Å². The van der Waals surface area contributed by atoms with Crippen molar-refractivity contribution >= 4 is 11.8 Å². The number of hydrogen-bond donors (Lipinski definition) is 1. The summed E-state index contributed by atoms with van der Waals surface area (Å²) in [5, 5.41) is 3.62. The Kier molecular flexibility index (Phi) is 6.95. The molecule has 19 heavy (non-hydrogen) atoms. The molecule has 1 N–H and O–H groups in total. The standard InChI is InChI=1S/C17H29NS/c1-6-18-16(12-13-17(3,4)5)14-8-10-15(11-9-14)19-7-2/h8-11,16,18H,6-7,12-13H2,1-5H3. The lowest BCUT2D eigenvalue weighted by Crippen LogP contribution is -2.22. The summed E-state index contributed by atoms with van der Waals surface area (Å²) in [4.78, 5) is 1.37. The van der Waals surface area contributed by atoms with Crippen molar-refractivity contribution in [1.29, 1.82) is 0 Å². The maximum Gasteiger partial charge on any atom is 0.0320 e. The lowest BCUT2D eigenvalue weighted by Gasteiger charge is -2.24. The van der Waals surface area contributed by atoms with E-state index in [0.717, 1.165) is 12.3 Å². The first-order valence-corrected chi connectivity index (χ1v) is 8.41. The first kappa shape index (κ1) is 16.6. The zero-order valence-electron chi connectivity index (χ0n) is 13.1. The van der Waals surface area contributed by atoms with Gasteiger partial charge in [-0.05, 0) is 48.3 Å². The highest BCUT2D eigenvalue weighted by molar-refractivity contribution is 7.99. The van der Waals surface area contributed by atoms with Crippen LogP contribution in [0.4, 0.5) is 0 Å². The minimum atomic E-state index is 0.408. The van der Waals surface area contributed by atoms with Crippen LogP contribution in [0, 0.1) is 5.41 Å². The summed E-state index contributed by atoms with van der Waals surface area (Å²) in [7, 11) is 0. The molecule has 0 radical (unpaired) electrons. The molecule has 0 aromatic heterocycles. The number of thioether (sulfide) groups is 1. The number of rotatable bonds is 7. The van der Waals surface area contributed by atoms with Crippen molar-refractivity contribution in [2.24, 2.45) is 5.41 Å². The number of benzene rings is 1. The fraction of sp³-hybridized carbons (Fsp3) is 0.647. The quantitative estimate of drug-likeness (QED) is 0.682. The SMILES string of the molecule is CCNC(CCC(C)(C)C)c1ccc(SCC)cc1. The van der Waals surface area contributed by atoms with Gasteiger partial charge in [-0.15, -0.1) is 11.8 Å². The van der Waals surface area contributed by atoms with Crippen molar-refractivity contribution in [3.63, 3.8) is 0 Å². The lowest BCUT2D eigenvalue weighted by molar-refractivity contribution is 0.334. The maximum absolute atomic E-state index is 3.62. The Labute approximate surface area is 123 Å². The first-order chi connectivity index (χ1) is 8.96. The van der Waals surface area contributed by atoms with Gasteiger partial charge in [0.2, 0.25) is 0 Å². The highest BCUT2D eigenvalue weighted by Gasteiger charge is 2.16.